The second-order valence-corrected chi connectivity index (χ2v) is 5.13. The fourth-order valence-corrected chi connectivity index (χ4v) is 2.46. The Morgan fingerprint density at radius 1 is 1.48 bits per heavy atom. The predicted octanol–water partition coefficient (Wildman–Crippen LogP) is 4.06. The van der Waals surface area contributed by atoms with Gasteiger partial charge in [-0.1, -0.05) is 0 Å². The van der Waals surface area contributed by atoms with Crippen molar-refractivity contribution in [1.82, 2.24) is 9.38 Å². The Morgan fingerprint density at radius 2 is 2.26 bits per heavy atom. The molecule has 5 nitrogen and oxygen atoms in total. The van der Waals surface area contributed by atoms with Gasteiger partial charge in [0.15, 0.2) is 5.69 Å². The van der Waals surface area contributed by atoms with Gasteiger partial charge in [-0.25, -0.2) is 9.78 Å². The first-order valence-electron chi connectivity index (χ1n) is 6.71. The molecule has 8 heteroatoms. The highest BCUT2D eigenvalue weighted by Crippen LogP contribution is 2.41. The Bertz CT molecular complexity index is 854. The summed E-state index contributed by atoms with van der Waals surface area (Å²) >= 11 is 5.27. The summed E-state index contributed by atoms with van der Waals surface area (Å²) < 4.78 is 39.2. The molecule has 120 valence electrons. The lowest BCUT2D eigenvalue weighted by atomic mass is 10.1. The first-order chi connectivity index (χ1) is 10.9. The van der Waals surface area contributed by atoms with Gasteiger partial charge in [-0.15, -0.1) is 0 Å². The normalized spacial score (nSPS) is 11.8. The Morgan fingerprint density at radius 3 is 2.87 bits per heavy atom. The molecule has 3 heterocycles. The maximum Gasteiger partial charge on any atom is 0.358 e. The van der Waals surface area contributed by atoms with Gasteiger partial charge < -0.3 is 13.6 Å². The number of ether oxygens (including phenoxy) is 1. The highest BCUT2D eigenvalue weighted by molar-refractivity contribution is 6.22. The van der Waals surface area contributed by atoms with Crippen molar-refractivity contribution in [3.63, 3.8) is 0 Å². The molecule has 0 unspecified atom stereocenters. The van der Waals surface area contributed by atoms with Gasteiger partial charge in [-0.2, -0.15) is 8.78 Å². The van der Waals surface area contributed by atoms with Gasteiger partial charge in [0.1, 0.15) is 11.4 Å². The standard InChI is InChI=1S/C15H11ClF2N2O3/c1-2-22-14(21)10-8-20-6-5-9(11-4-3-7-23-11)12(13(20)19-10)15(16,17)18/h3-8H,2H2,1H3. The summed E-state index contributed by atoms with van der Waals surface area (Å²) in [5, 5.41) is -3.69. The summed E-state index contributed by atoms with van der Waals surface area (Å²) in [7, 11) is 0. The number of hydrogen-bond donors (Lipinski definition) is 0. The average Bonchev–Trinajstić information content (AvgIpc) is 3.14. The zero-order valence-electron chi connectivity index (χ0n) is 11.9. The second-order valence-electron chi connectivity index (χ2n) is 4.66. The minimum atomic E-state index is -3.69. The first-order valence-corrected chi connectivity index (χ1v) is 7.09. The van der Waals surface area contributed by atoms with Gasteiger partial charge in [-0.05, 0) is 36.7 Å². The third kappa shape index (κ3) is 2.79. The van der Waals surface area contributed by atoms with E-state index in [1.165, 1.54) is 35.2 Å². The lowest BCUT2D eigenvalue weighted by Gasteiger charge is -2.13. The minimum absolute atomic E-state index is 0.0781. The van der Waals surface area contributed by atoms with Crippen molar-refractivity contribution in [1.29, 1.82) is 0 Å². The van der Waals surface area contributed by atoms with Crippen molar-refractivity contribution >= 4 is 23.2 Å². The molecular weight excluding hydrogens is 330 g/mol. The van der Waals surface area contributed by atoms with Crippen LogP contribution in [0.15, 0.2) is 41.3 Å². The number of furan rings is 1. The molecule has 0 aliphatic rings. The smallest absolute Gasteiger partial charge is 0.358 e. The maximum absolute atomic E-state index is 13.9. The molecular formula is C15H11ClF2N2O3. The van der Waals surface area contributed by atoms with Crippen molar-refractivity contribution < 1.29 is 22.7 Å². The largest absolute Gasteiger partial charge is 0.464 e. The third-order valence-corrected chi connectivity index (χ3v) is 3.37. The zero-order chi connectivity index (χ0) is 16.6. The Labute approximate surface area is 134 Å². The van der Waals surface area contributed by atoms with Gasteiger partial charge in [0.05, 0.1) is 18.4 Å². The molecule has 3 aromatic rings. The summed E-state index contributed by atoms with van der Waals surface area (Å²) in [4.78, 5) is 15.7. The van der Waals surface area contributed by atoms with Crippen LogP contribution < -0.4 is 0 Å². The number of nitrogens with zero attached hydrogens (tertiary/aromatic N) is 2. The lowest BCUT2D eigenvalue weighted by Crippen LogP contribution is -2.09. The summed E-state index contributed by atoms with van der Waals surface area (Å²) in [5.74, 6) is -0.469. The van der Waals surface area contributed by atoms with Crippen molar-refractivity contribution in [2.75, 3.05) is 6.61 Å². The number of carbonyl (C=O) groups is 1. The number of aromatic nitrogens is 2. The van der Waals surface area contributed by atoms with Gasteiger partial charge in [0, 0.05) is 18.0 Å². The minimum Gasteiger partial charge on any atom is -0.464 e. The van der Waals surface area contributed by atoms with Gasteiger partial charge in [0.2, 0.25) is 0 Å². The molecule has 0 aliphatic carbocycles. The van der Waals surface area contributed by atoms with E-state index in [0.29, 0.717) is 0 Å². The number of alkyl halides is 3. The van der Waals surface area contributed by atoms with Gasteiger partial charge in [-0.3, -0.25) is 0 Å². The van der Waals surface area contributed by atoms with Crippen molar-refractivity contribution in [3.05, 3.63) is 48.1 Å². The molecule has 0 N–H and O–H groups in total. The van der Waals surface area contributed by atoms with E-state index < -0.39 is 16.9 Å². The Kier molecular flexibility index (Phi) is 3.81. The molecule has 0 saturated heterocycles. The number of carbonyl (C=O) groups excluding carboxylic acids is 1. The molecule has 0 saturated carbocycles. The van der Waals surface area contributed by atoms with Crippen LogP contribution in [0, 0.1) is 0 Å². The number of fused-ring (bicyclic) bond motifs is 1. The molecule has 0 atom stereocenters. The molecule has 23 heavy (non-hydrogen) atoms. The molecule has 0 amide bonds. The number of imidazole rings is 1. The molecule has 0 fully saturated rings. The van der Waals surface area contributed by atoms with Gasteiger partial charge >= 0.3 is 11.4 Å². The van der Waals surface area contributed by atoms with E-state index in [-0.39, 0.29) is 29.3 Å². The first kappa shape index (κ1) is 15.5. The molecule has 0 radical (unpaired) electrons. The van der Waals surface area contributed by atoms with Crippen molar-refractivity contribution in [2.45, 2.75) is 12.3 Å². The number of hydrogen-bond acceptors (Lipinski definition) is 4. The SMILES string of the molecule is CCOC(=O)c1cn2ccc(-c3ccco3)c(C(F)(F)Cl)c2n1. The molecule has 0 bridgehead atoms. The van der Waals surface area contributed by atoms with Crippen LogP contribution in [0.1, 0.15) is 23.0 Å². The monoisotopic (exact) mass is 340 g/mol. The maximum atomic E-state index is 13.9. The highest BCUT2D eigenvalue weighted by atomic mass is 35.5. The van der Waals surface area contributed by atoms with Gasteiger partial charge in [0.25, 0.3) is 0 Å². The summed E-state index contributed by atoms with van der Waals surface area (Å²) in [6.45, 7) is 1.80. The fraction of sp³-hybridized carbons (Fsp3) is 0.200. The average molecular weight is 341 g/mol. The quantitative estimate of drug-likeness (QED) is 0.531. The van der Waals surface area contributed by atoms with Crippen LogP contribution in [0.2, 0.25) is 0 Å². The van der Waals surface area contributed by atoms with Crippen LogP contribution in [0.25, 0.3) is 17.0 Å². The predicted molar refractivity (Wildman–Crippen MR) is 78.6 cm³/mol. The Balaban J connectivity index is 2.25. The van der Waals surface area contributed by atoms with Crippen LogP contribution in [-0.4, -0.2) is 22.0 Å². The van der Waals surface area contributed by atoms with Crippen molar-refractivity contribution in [3.8, 4) is 11.3 Å². The molecule has 0 aromatic carbocycles. The number of pyridine rings is 1. The summed E-state index contributed by atoms with van der Waals surface area (Å²) in [6.07, 6.45) is 4.17. The summed E-state index contributed by atoms with van der Waals surface area (Å²) in [5.41, 5.74) is -0.650. The fourth-order valence-electron chi connectivity index (χ4n) is 2.27. The van der Waals surface area contributed by atoms with E-state index in [4.69, 9.17) is 20.8 Å². The van der Waals surface area contributed by atoms with Crippen LogP contribution in [0.5, 0.6) is 0 Å². The van der Waals surface area contributed by atoms with E-state index in [2.05, 4.69) is 4.98 Å². The zero-order valence-corrected chi connectivity index (χ0v) is 12.7. The summed E-state index contributed by atoms with van der Waals surface area (Å²) in [6, 6.07) is 4.53. The van der Waals surface area contributed by atoms with Crippen LogP contribution >= 0.6 is 11.6 Å². The number of esters is 1. The van der Waals surface area contributed by atoms with Crippen LogP contribution in [0.3, 0.4) is 0 Å². The molecule has 3 aromatic heterocycles. The highest BCUT2D eigenvalue weighted by Gasteiger charge is 2.36. The van der Waals surface area contributed by atoms with E-state index in [9.17, 15) is 13.6 Å². The lowest BCUT2D eigenvalue weighted by molar-refractivity contribution is 0.0520. The van der Waals surface area contributed by atoms with Crippen molar-refractivity contribution in [2.24, 2.45) is 0 Å². The topological polar surface area (TPSA) is 56.7 Å². The van der Waals surface area contributed by atoms with E-state index in [1.54, 1.807) is 13.0 Å². The van der Waals surface area contributed by atoms with E-state index in [1.807, 2.05) is 0 Å². The number of rotatable bonds is 4. The van der Waals surface area contributed by atoms with E-state index >= 15 is 0 Å². The third-order valence-electron chi connectivity index (χ3n) is 3.18. The van der Waals surface area contributed by atoms with Crippen LogP contribution in [0.4, 0.5) is 8.78 Å². The number of halogens is 3. The van der Waals surface area contributed by atoms with E-state index in [0.717, 1.165) is 0 Å². The molecule has 3 rings (SSSR count). The Hall–Kier alpha value is -2.41. The van der Waals surface area contributed by atoms with Crippen LogP contribution in [-0.2, 0) is 10.1 Å². The molecule has 0 spiro atoms. The molecule has 0 aliphatic heterocycles. The second kappa shape index (κ2) is 5.66.